The molecule has 5 nitrogen and oxygen atoms in total. The van der Waals surface area contributed by atoms with Crippen molar-refractivity contribution in [3.63, 3.8) is 0 Å². The number of aromatic nitrogens is 1. The van der Waals surface area contributed by atoms with Gasteiger partial charge in [-0.1, -0.05) is 0 Å². The van der Waals surface area contributed by atoms with Crippen molar-refractivity contribution in [2.45, 2.75) is 6.18 Å². The van der Waals surface area contributed by atoms with Gasteiger partial charge in [0.15, 0.2) is 0 Å². The fourth-order valence-electron chi connectivity index (χ4n) is 1.74. The summed E-state index contributed by atoms with van der Waals surface area (Å²) in [5.74, 6) is -1.76. The Hall–Kier alpha value is -2.30. The van der Waals surface area contributed by atoms with Gasteiger partial charge < -0.3 is 10.0 Å². The Morgan fingerprint density at radius 3 is 2.58 bits per heavy atom. The van der Waals surface area contributed by atoms with Crippen LogP contribution < -0.4 is 4.90 Å². The first-order chi connectivity index (χ1) is 8.82. The molecule has 2 heterocycles. The van der Waals surface area contributed by atoms with Gasteiger partial charge in [-0.2, -0.15) is 18.4 Å². The SMILES string of the molecule is N#Cc1ccc(C(F)(F)F)nc1N1CC(C(=O)O)C1. The molecule has 0 aromatic carbocycles. The van der Waals surface area contributed by atoms with Crippen molar-refractivity contribution < 1.29 is 23.1 Å². The van der Waals surface area contributed by atoms with Crippen molar-refractivity contribution in [1.82, 2.24) is 4.98 Å². The molecule has 1 aliphatic rings. The van der Waals surface area contributed by atoms with Crippen LogP contribution in [-0.2, 0) is 11.0 Å². The molecule has 0 radical (unpaired) electrons. The molecule has 0 atom stereocenters. The molecule has 0 amide bonds. The third kappa shape index (κ3) is 2.45. The molecule has 1 aromatic rings. The van der Waals surface area contributed by atoms with Crippen molar-refractivity contribution in [3.8, 4) is 6.07 Å². The van der Waals surface area contributed by atoms with E-state index < -0.39 is 23.8 Å². The number of carboxylic acids is 1. The van der Waals surface area contributed by atoms with E-state index in [2.05, 4.69) is 4.98 Å². The molecular weight excluding hydrogens is 263 g/mol. The van der Waals surface area contributed by atoms with Crippen molar-refractivity contribution in [1.29, 1.82) is 5.26 Å². The van der Waals surface area contributed by atoms with Crippen LogP contribution in [0.25, 0.3) is 0 Å². The molecule has 0 bridgehead atoms. The van der Waals surface area contributed by atoms with Crippen LogP contribution in [0.15, 0.2) is 12.1 Å². The summed E-state index contributed by atoms with van der Waals surface area (Å²) < 4.78 is 37.6. The van der Waals surface area contributed by atoms with E-state index in [1.807, 2.05) is 0 Å². The number of hydrogen-bond acceptors (Lipinski definition) is 4. The van der Waals surface area contributed by atoms with E-state index in [9.17, 15) is 18.0 Å². The quantitative estimate of drug-likeness (QED) is 0.881. The Bertz CT molecular complexity index is 559. The van der Waals surface area contributed by atoms with Crippen LogP contribution >= 0.6 is 0 Å². The Labute approximate surface area is 105 Å². The molecule has 0 unspecified atom stereocenters. The van der Waals surface area contributed by atoms with Crippen LogP contribution in [0.3, 0.4) is 0 Å². The fourth-order valence-corrected chi connectivity index (χ4v) is 1.74. The van der Waals surface area contributed by atoms with E-state index in [1.54, 1.807) is 6.07 Å². The summed E-state index contributed by atoms with van der Waals surface area (Å²) in [6.45, 7) is 0.108. The summed E-state index contributed by atoms with van der Waals surface area (Å²) in [7, 11) is 0. The molecule has 1 saturated heterocycles. The van der Waals surface area contributed by atoms with Crippen LogP contribution in [0.4, 0.5) is 19.0 Å². The maximum atomic E-state index is 12.5. The minimum absolute atomic E-state index is 0.00293. The minimum atomic E-state index is -4.60. The molecular formula is C11H8F3N3O2. The lowest BCUT2D eigenvalue weighted by molar-refractivity contribution is -0.143. The lowest BCUT2D eigenvalue weighted by Crippen LogP contribution is -2.51. The zero-order valence-corrected chi connectivity index (χ0v) is 9.48. The van der Waals surface area contributed by atoms with Crippen LogP contribution in [0, 0.1) is 17.2 Å². The summed E-state index contributed by atoms with van der Waals surface area (Å²) in [5.41, 5.74) is -1.10. The first-order valence-electron chi connectivity index (χ1n) is 5.29. The monoisotopic (exact) mass is 271 g/mol. The highest BCUT2D eigenvalue weighted by molar-refractivity contribution is 5.74. The fraction of sp³-hybridized carbons (Fsp3) is 0.364. The average molecular weight is 271 g/mol. The third-order valence-corrected chi connectivity index (χ3v) is 2.82. The molecule has 0 spiro atoms. The minimum Gasteiger partial charge on any atom is -0.481 e. The van der Waals surface area contributed by atoms with Gasteiger partial charge in [-0.3, -0.25) is 4.79 Å². The first-order valence-corrected chi connectivity index (χ1v) is 5.29. The number of anilines is 1. The normalized spacial score (nSPS) is 15.8. The van der Waals surface area contributed by atoms with Gasteiger partial charge in [0.05, 0.1) is 11.5 Å². The first kappa shape index (κ1) is 13.1. The van der Waals surface area contributed by atoms with Gasteiger partial charge >= 0.3 is 12.1 Å². The number of hydrogen-bond donors (Lipinski definition) is 1. The Kier molecular flexibility index (Phi) is 3.06. The summed E-state index contributed by atoms with van der Waals surface area (Å²) >= 11 is 0. The summed E-state index contributed by atoms with van der Waals surface area (Å²) in [5, 5.41) is 17.6. The van der Waals surface area contributed by atoms with Crippen molar-refractivity contribution in [2.24, 2.45) is 5.92 Å². The van der Waals surface area contributed by atoms with E-state index in [4.69, 9.17) is 10.4 Å². The van der Waals surface area contributed by atoms with E-state index in [0.717, 1.165) is 12.1 Å². The van der Waals surface area contributed by atoms with Gasteiger partial charge in [0.1, 0.15) is 17.6 Å². The largest absolute Gasteiger partial charge is 0.481 e. The molecule has 8 heteroatoms. The van der Waals surface area contributed by atoms with Gasteiger partial charge in [0.2, 0.25) is 0 Å². The van der Waals surface area contributed by atoms with Gasteiger partial charge in [-0.15, -0.1) is 0 Å². The molecule has 19 heavy (non-hydrogen) atoms. The lowest BCUT2D eigenvalue weighted by atomic mass is 10.00. The topological polar surface area (TPSA) is 77.2 Å². The van der Waals surface area contributed by atoms with Gasteiger partial charge in [0.25, 0.3) is 0 Å². The Morgan fingerprint density at radius 2 is 2.11 bits per heavy atom. The number of pyridine rings is 1. The predicted octanol–water partition coefficient (Wildman–Crippen LogP) is 1.49. The second kappa shape index (κ2) is 4.42. The van der Waals surface area contributed by atoms with E-state index in [0.29, 0.717) is 0 Å². The van der Waals surface area contributed by atoms with Crippen molar-refractivity contribution in [2.75, 3.05) is 18.0 Å². The van der Waals surface area contributed by atoms with Gasteiger partial charge in [0, 0.05) is 13.1 Å². The van der Waals surface area contributed by atoms with Crippen LogP contribution in [0.1, 0.15) is 11.3 Å². The summed E-state index contributed by atoms with van der Waals surface area (Å²) in [4.78, 5) is 15.4. The van der Waals surface area contributed by atoms with Crippen LogP contribution in [0.2, 0.25) is 0 Å². The number of aliphatic carboxylic acids is 1. The maximum Gasteiger partial charge on any atom is 0.433 e. The molecule has 1 aromatic heterocycles. The molecule has 1 N–H and O–H groups in total. The molecule has 1 fully saturated rings. The van der Waals surface area contributed by atoms with Gasteiger partial charge in [-0.05, 0) is 12.1 Å². The molecule has 0 aliphatic carbocycles. The zero-order valence-electron chi connectivity index (χ0n) is 9.48. The van der Waals surface area contributed by atoms with Crippen molar-refractivity contribution >= 4 is 11.8 Å². The number of rotatable bonds is 2. The highest BCUT2D eigenvalue weighted by Gasteiger charge is 2.37. The predicted molar refractivity (Wildman–Crippen MR) is 57.3 cm³/mol. The van der Waals surface area contributed by atoms with Crippen molar-refractivity contribution in [3.05, 3.63) is 23.4 Å². The van der Waals surface area contributed by atoms with Crippen LogP contribution in [0.5, 0.6) is 0 Å². The van der Waals surface area contributed by atoms with E-state index in [-0.39, 0.29) is 24.5 Å². The summed E-state index contributed by atoms with van der Waals surface area (Å²) in [6, 6.07) is 3.52. The second-order valence-corrected chi connectivity index (χ2v) is 4.12. The summed E-state index contributed by atoms with van der Waals surface area (Å²) in [6.07, 6.45) is -4.60. The standard InChI is InChI=1S/C11H8F3N3O2/c12-11(13,14)8-2-1-6(3-15)9(16-8)17-4-7(5-17)10(18)19/h1-2,7H,4-5H2,(H,18,19). The molecule has 100 valence electrons. The highest BCUT2D eigenvalue weighted by Crippen LogP contribution is 2.32. The smallest absolute Gasteiger partial charge is 0.433 e. The number of alkyl halides is 3. The molecule has 0 saturated carbocycles. The maximum absolute atomic E-state index is 12.5. The number of nitriles is 1. The second-order valence-electron chi connectivity index (χ2n) is 4.12. The number of carbonyl (C=O) groups is 1. The van der Waals surface area contributed by atoms with E-state index in [1.165, 1.54) is 4.90 Å². The lowest BCUT2D eigenvalue weighted by Gasteiger charge is -2.38. The highest BCUT2D eigenvalue weighted by atomic mass is 19.4. The number of carboxylic acid groups (broad SMARTS) is 1. The molecule has 1 aliphatic heterocycles. The Balaban J connectivity index is 2.29. The average Bonchev–Trinajstić information content (AvgIpc) is 2.25. The van der Waals surface area contributed by atoms with Gasteiger partial charge in [-0.25, -0.2) is 4.98 Å². The number of nitrogens with zero attached hydrogens (tertiary/aromatic N) is 3. The zero-order chi connectivity index (χ0) is 14.2. The number of halogens is 3. The molecule has 2 rings (SSSR count). The Morgan fingerprint density at radius 1 is 1.47 bits per heavy atom. The van der Waals surface area contributed by atoms with E-state index >= 15 is 0 Å². The van der Waals surface area contributed by atoms with Crippen LogP contribution in [-0.4, -0.2) is 29.1 Å². The third-order valence-electron chi connectivity index (χ3n) is 2.82.